The van der Waals surface area contributed by atoms with Crippen LogP contribution >= 0.6 is 0 Å². The maximum atomic E-state index is 9.77. The normalized spacial score (nSPS) is 37.9. The van der Waals surface area contributed by atoms with Crippen molar-refractivity contribution in [1.29, 1.82) is 0 Å². The highest BCUT2D eigenvalue weighted by Crippen LogP contribution is 2.65. The van der Waals surface area contributed by atoms with Crippen molar-refractivity contribution in [3.05, 3.63) is 11.6 Å². The molecule has 16 heavy (non-hydrogen) atoms. The summed E-state index contributed by atoms with van der Waals surface area (Å²) >= 11 is 0. The Morgan fingerprint density at radius 1 is 1.44 bits per heavy atom. The molecule has 2 aliphatic carbocycles. The van der Waals surface area contributed by atoms with Crippen molar-refractivity contribution in [3.63, 3.8) is 0 Å². The van der Waals surface area contributed by atoms with E-state index in [1.54, 1.807) is 5.57 Å². The van der Waals surface area contributed by atoms with Gasteiger partial charge >= 0.3 is 0 Å². The number of fused-ring (bicyclic) bond motifs is 1. The lowest BCUT2D eigenvalue weighted by molar-refractivity contribution is -0.0684. The maximum Gasteiger partial charge on any atom is 0.0566 e. The third-order valence-electron chi connectivity index (χ3n) is 5.53. The highest BCUT2D eigenvalue weighted by atomic mass is 16.3. The van der Waals surface area contributed by atoms with Crippen LogP contribution in [0.5, 0.6) is 0 Å². The molecule has 0 heterocycles. The molecule has 0 aromatic heterocycles. The predicted octanol–water partition coefficient (Wildman–Crippen LogP) is 3.63. The molecule has 0 spiro atoms. The van der Waals surface area contributed by atoms with Gasteiger partial charge in [0.2, 0.25) is 0 Å². The van der Waals surface area contributed by atoms with E-state index >= 15 is 0 Å². The standard InChI is InChI=1S/C15H26O/c1-9-12-7-11(13(12)15(9,5)6)8-14(3,4)10(2)16/h7,9-10,12-13,16H,8H2,1-6H3/t9-,10?,12?,13-/m1/s1. The summed E-state index contributed by atoms with van der Waals surface area (Å²) in [5.41, 5.74) is 2.09. The number of rotatable bonds is 3. The summed E-state index contributed by atoms with van der Waals surface area (Å²) in [4.78, 5) is 0. The van der Waals surface area contributed by atoms with E-state index < -0.39 is 0 Å². The molecular formula is C15H26O. The van der Waals surface area contributed by atoms with Gasteiger partial charge in [0.15, 0.2) is 0 Å². The summed E-state index contributed by atoms with van der Waals surface area (Å²) in [5, 5.41) is 9.77. The molecule has 2 unspecified atom stereocenters. The average Bonchev–Trinajstić information content (AvgIpc) is 2.09. The quantitative estimate of drug-likeness (QED) is 0.723. The monoisotopic (exact) mass is 222 g/mol. The Morgan fingerprint density at radius 3 is 2.44 bits per heavy atom. The molecule has 0 radical (unpaired) electrons. The van der Waals surface area contributed by atoms with Crippen molar-refractivity contribution in [1.82, 2.24) is 0 Å². The predicted molar refractivity (Wildman–Crippen MR) is 68.1 cm³/mol. The topological polar surface area (TPSA) is 20.2 Å². The van der Waals surface area contributed by atoms with E-state index in [2.05, 4.69) is 40.7 Å². The zero-order valence-electron chi connectivity index (χ0n) is 11.5. The first-order valence-corrected chi connectivity index (χ1v) is 6.56. The van der Waals surface area contributed by atoms with Crippen molar-refractivity contribution < 1.29 is 5.11 Å². The molecule has 2 aliphatic rings. The van der Waals surface area contributed by atoms with Crippen LogP contribution in [0.2, 0.25) is 0 Å². The maximum absolute atomic E-state index is 9.77. The lowest BCUT2D eigenvalue weighted by Crippen LogP contribution is -2.57. The number of hydrogen-bond acceptors (Lipinski definition) is 1. The number of allylic oxidation sites excluding steroid dienone is 2. The first kappa shape index (κ1) is 12.2. The van der Waals surface area contributed by atoms with Crippen LogP contribution in [-0.2, 0) is 0 Å². The van der Waals surface area contributed by atoms with E-state index in [4.69, 9.17) is 0 Å². The number of aliphatic hydroxyl groups excluding tert-OH is 1. The van der Waals surface area contributed by atoms with Gasteiger partial charge in [0.1, 0.15) is 0 Å². The van der Waals surface area contributed by atoms with E-state index in [1.807, 2.05) is 6.92 Å². The zero-order valence-corrected chi connectivity index (χ0v) is 11.5. The third-order valence-corrected chi connectivity index (χ3v) is 5.53. The second-order valence-corrected chi connectivity index (χ2v) is 7.25. The summed E-state index contributed by atoms with van der Waals surface area (Å²) in [5.74, 6) is 2.45. The van der Waals surface area contributed by atoms with Gasteiger partial charge in [-0.05, 0) is 41.9 Å². The van der Waals surface area contributed by atoms with Gasteiger partial charge in [-0.2, -0.15) is 0 Å². The Kier molecular flexibility index (Phi) is 2.55. The van der Waals surface area contributed by atoms with Crippen molar-refractivity contribution >= 4 is 0 Å². The van der Waals surface area contributed by atoms with Crippen LogP contribution in [0.1, 0.15) is 48.0 Å². The highest BCUT2D eigenvalue weighted by molar-refractivity contribution is 5.34. The van der Waals surface area contributed by atoms with E-state index in [-0.39, 0.29) is 11.5 Å². The second-order valence-electron chi connectivity index (χ2n) is 7.25. The van der Waals surface area contributed by atoms with Gasteiger partial charge in [-0.1, -0.05) is 46.3 Å². The van der Waals surface area contributed by atoms with Gasteiger partial charge in [-0.25, -0.2) is 0 Å². The molecule has 0 bridgehead atoms. The highest BCUT2D eigenvalue weighted by Gasteiger charge is 2.58. The van der Waals surface area contributed by atoms with Gasteiger partial charge < -0.3 is 5.11 Å². The Labute approximate surface area is 99.9 Å². The number of hydrogen-bond donors (Lipinski definition) is 1. The molecule has 1 saturated carbocycles. The Balaban J connectivity index is 2.06. The molecule has 2 rings (SSSR count). The molecule has 92 valence electrons. The Morgan fingerprint density at radius 2 is 2.00 bits per heavy atom. The molecule has 1 heteroatoms. The SMILES string of the molecule is CC(O)C(C)(C)CC1=CC2[C@@H](C)C(C)(C)[C@H]12. The van der Waals surface area contributed by atoms with Crippen LogP contribution in [0.15, 0.2) is 11.6 Å². The van der Waals surface area contributed by atoms with Crippen LogP contribution < -0.4 is 0 Å². The van der Waals surface area contributed by atoms with E-state index in [9.17, 15) is 5.11 Å². The summed E-state index contributed by atoms with van der Waals surface area (Å²) in [7, 11) is 0. The van der Waals surface area contributed by atoms with Gasteiger partial charge in [0, 0.05) is 0 Å². The Bertz CT molecular complexity index is 322. The Hall–Kier alpha value is -0.300. The van der Waals surface area contributed by atoms with Gasteiger partial charge in [-0.3, -0.25) is 0 Å². The molecule has 0 aromatic rings. The molecule has 1 fully saturated rings. The summed E-state index contributed by atoms with van der Waals surface area (Å²) in [6, 6.07) is 0. The lowest BCUT2D eigenvalue weighted by Gasteiger charge is -2.64. The van der Waals surface area contributed by atoms with Crippen LogP contribution in [0.25, 0.3) is 0 Å². The van der Waals surface area contributed by atoms with Crippen molar-refractivity contribution in [2.75, 3.05) is 0 Å². The van der Waals surface area contributed by atoms with Crippen molar-refractivity contribution in [2.24, 2.45) is 28.6 Å². The molecule has 0 amide bonds. The van der Waals surface area contributed by atoms with Gasteiger partial charge in [-0.15, -0.1) is 0 Å². The van der Waals surface area contributed by atoms with Crippen LogP contribution in [-0.4, -0.2) is 11.2 Å². The molecule has 4 atom stereocenters. The van der Waals surface area contributed by atoms with Crippen LogP contribution in [0, 0.1) is 28.6 Å². The van der Waals surface area contributed by atoms with Gasteiger partial charge in [0.25, 0.3) is 0 Å². The van der Waals surface area contributed by atoms with E-state index in [0.717, 1.165) is 24.2 Å². The molecule has 0 aliphatic heterocycles. The first-order valence-electron chi connectivity index (χ1n) is 6.56. The van der Waals surface area contributed by atoms with Crippen LogP contribution in [0.3, 0.4) is 0 Å². The minimum absolute atomic E-state index is 0.0196. The fourth-order valence-corrected chi connectivity index (χ4v) is 3.49. The lowest BCUT2D eigenvalue weighted by atomic mass is 9.41. The molecule has 0 aromatic carbocycles. The van der Waals surface area contributed by atoms with E-state index in [1.165, 1.54) is 0 Å². The van der Waals surface area contributed by atoms with Crippen molar-refractivity contribution in [3.8, 4) is 0 Å². The molecular weight excluding hydrogens is 196 g/mol. The largest absolute Gasteiger partial charge is 0.393 e. The minimum atomic E-state index is -0.229. The fourth-order valence-electron chi connectivity index (χ4n) is 3.49. The van der Waals surface area contributed by atoms with Crippen molar-refractivity contribution in [2.45, 2.75) is 54.1 Å². The zero-order chi connectivity index (χ0) is 12.3. The summed E-state index contributed by atoms with van der Waals surface area (Å²) in [6.07, 6.45) is 3.29. The van der Waals surface area contributed by atoms with Gasteiger partial charge in [0.05, 0.1) is 6.10 Å². The fraction of sp³-hybridized carbons (Fsp3) is 0.867. The minimum Gasteiger partial charge on any atom is -0.393 e. The molecule has 1 N–H and O–H groups in total. The third kappa shape index (κ3) is 1.48. The second kappa shape index (κ2) is 3.35. The van der Waals surface area contributed by atoms with Crippen LogP contribution in [0.4, 0.5) is 0 Å². The molecule has 0 saturated heterocycles. The summed E-state index contributed by atoms with van der Waals surface area (Å²) < 4.78 is 0. The summed E-state index contributed by atoms with van der Waals surface area (Å²) in [6.45, 7) is 13.4. The smallest absolute Gasteiger partial charge is 0.0566 e. The van der Waals surface area contributed by atoms with E-state index in [0.29, 0.717) is 5.41 Å². The first-order chi connectivity index (χ1) is 7.18. The molecule has 1 nitrogen and oxygen atoms in total. The average molecular weight is 222 g/mol. The number of aliphatic hydroxyl groups is 1.